The zero-order chi connectivity index (χ0) is 24.9. The number of nitrogens with zero attached hydrogens (tertiary/aromatic N) is 2. The molecule has 178 valence electrons. The molecular formula is C22H21N3O9. The van der Waals surface area contributed by atoms with E-state index in [1.807, 2.05) is 0 Å². The van der Waals surface area contributed by atoms with Crippen LogP contribution in [0.15, 0.2) is 42.5 Å². The van der Waals surface area contributed by atoms with Gasteiger partial charge in [-0.05, 0) is 30.7 Å². The molecular weight excluding hydrogens is 450 g/mol. The number of carboxylic acid groups (broad SMARTS) is 1. The molecule has 2 aromatic carbocycles. The fourth-order valence-corrected chi connectivity index (χ4v) is 4.88. The molecule has 0 radical (unpaired) electrons. The number of ether oxygens (including phenoxy) is 1. The molecule has 2 saturated heterocycles. The second-order valence-electron chi connectivity index (χ2n) is 8.20. The van der Waals surface area contributed by atoms with Gasteiger partial charge in [-0.25, -0.2) is 4.90 Å². The van der Waals surface area contributed by atoms with Crippen LogP contribution in [0, 0.1) is 22.0 Å². The largest absolute Gasteiger partial charge is 0.504 e. The Kier molecular flexibility index (Phi) is 5.50. The van der Waals surface area contributed by atoms with Gasteiger partial charge in [0.15, 0.2) is 17.0 Å². The van der Waals surface area contributed by atoms with E-state index < -0.39 is 52.2 Å². The number of phenolic OH excluding ortho intramolecular Hbond substituents is 1. The highest BCUT2D eigenvalue weighted by Crippen LogP contribution is 2.51. The van der Waals surface area contributed by atoms with Gasteiger partial charge in [0.1, 0.15) is 0 Å². The first-order valence-corrected chi connectivity index (χ1v) is 10.2. The lowest BCUT2D eigenvalue weighted by Gasteiger charge is -2.33. The van der Waals surface area contributed by atoms with Crippen molar-refractivity contribution in [3.63, 3.8) is 0 Å². The van der Waals surface area contributed by atoms with Crippen molar-refractivity contribution in [1.82, 2.24) is 5.32 Å². The van der Waals surface area contributed by atoms with Crippen molar-refractivity contribution in [2.75, 3.05) is 12.0 Å². The number of aliphatic hydroxyl groups excluding tert-OH is 1. The van der Waals surface area contributed by atoms with E-state index in [0.29, 0.717) is 5.56 Å². The molecule has 12 heteroatoms. The first-order chi connectivity index (χ1) is 16.0. The van der Waals surface area contributed by atoms with E-state index in [2.05, 4.69) is 5.32 Å². The summed E-state index contributed by atoms with van der Waals surface area (Å²) in [6.45, 7) is 1.20. The number of aliphatic carboxylic acids is 1. The topological polar surface area (TPSA) is 180 Å². The van der Waals surface area contributed by atoms with E-state index >= 15 is 0 Å². The van der Waals surface area contributed by atoms with Gasteiger partial charge in [0.05, 0.1) is 35.7 Å². The molecule has 5 atom stereocenters. The minimum absolute atomic E-state index is 0.0630. The normalized spacial score (nSPS) is 26.9. The van der Waals surface area contributed by atoms with E-state index in [4.69, 9.17) is 4.74 Å². The van der Waals surface area contributed by atoms with Crippen molar-refractivity contribution in [1.29, 1.82) is 0 Å². The van der Waals surface area contributed by atoms with Crippen LogP contribution < -0.4 is 15.0 Å². The Hall–Kier alpha value is -4.03. The standard InChI is InChI=1S/C22H21N3O9/c1-10(26)22(21(30)31)17-16(18(23-22)11-6-7-14(27)15(8-11)34-2)19(28)24(20(17)29)12-4-3-5-13(9-12)25(32)33/h3-10,16-18,23,26-27H,1-2H3,(H,30,31). The third-order valence-electron chi connectivity index (χ3n) is 6.47. The lowest BCUT2D eigenvalue weighted by molar-refractivity contribution is -0.384. The molecule has 2 fully saturated rings. The molecule has 0 aliphatic carbocycles. The average Bonchev–Trinajstić information content (AvgIpc) is 3.29. The number of hydrogen-bond donors (Lipinski definition) is 4. The van der Waals surface area contributed by atoms with Gasteiger partial charge in [0.25, 0.3) is 5.69 Å². The van der Waals surface area contributed by atoms with Crippen molar-refractivity contribution < 1.29 is 39.4 Å². The van der Waals surface area contributed by atoms with Crippen LogP contribution >= 0.6 is 0 Å². The van der Waals surface area contributed by atoms with Gasteiger partial charge >= 0.3 is 5.97 Å². The summed E-state index contributed by atoms with van der Waals surface area (Å²) in [4.78, 5) is 50.8. The lowest BCUT2D eigenvalue weighted by atomic mass is 9.76. The minimum Gasteiger partial charge on any atom is -0.504 e. The highest BCUT2D eigenvalue weighted by Gasteiger charge is 2.70. The fraction of sp³-hybridized carbons (Fsp3) is 0.318. The van der Waals surface area contributed by atoms with E-state index in [1.165, 1.54) is 50.4 Å². The van der Waals surface area contributed by atoms with Crippen LogP contribution in [-0.4, -0.2) is 56.8 Å². The monoisotopic (exact) mass is 471 g/mol. The van der Waals surface area contributed by atoms with Crippen LogP contribution in [0.4, 0.5) is 11.4 Å². The van der Waals surface area contributed by atoms with Crippen LogP contribution in [0.3, 0.4) is 0 Å². The molecule has 2 heterocycles. The molecule has 0 aromatic heterocycles. The van der Waals surface area contributed by atoms with E-state index in [1.54, 1.807) is 0 Å². The summed E-state index contributed by atoms with van der Waals surface area (Å²) in [5, 5.41) is 44.6. The van der Waals surface area contributed by atoms with Crippen molar-refractivity contribution in [3.05, 3.63) is 58.1 Å². The third kappa shape index (κ3) is 3.18. The van der Waals surface area contributed by atoms with Crippen molar-refractivity contribution in [2.45, 2.75) is 24.6 Å². The van der Waals surface area contributed by atoms with Crippen LogP contribution in [0.1, 0.15) is 18.5 Å². The molecule has 4 N–H and O–H groups in total. The number of non-ortho nitro benzene ring substituents is 1. The number of rotatable bonds is 6. The first kappa shape index (κ1) is 23.1. The number of carbonyl (C=O) groups is 3. The summed E-state index contributed by atoms with van der Waals surface area (Å²) in [7, 11) is 1.31. The number of carbonyl (C=O) groups excluding carboxylic acids is 2. The summed E-state index contributed by atoms with van der Waals surface area (Å²) < 4.78 is 5.11. The number of imide groups is 1. The summed E-state index contributed by atoms with van der Waals surface area (Å²) in [6, 6.07) is 7.98. The summed E-state index contributed by atoms with van der Waals surface area (Å²) in [5.41, 5.74) is -2.31. The maximum absolute atomic E-state index is 13.6. The Morgan fingerprint density at radius 2 is 1.94 bits per heavy atom. The van der Waals surface area contributed by atoms with Gasteiger partial charge in [-0.3, -0.25) is 29.8 Å². The zero-order valence-electron chi connectivity index (χ0n) is 18.0. The quantitative estimate of drug-likeness (QED) is 0.269. The average molecular weight is 471 g/mol. The number of phenols is 1. The predicted octanol–water partition coefficient (Wildman–Crippen LogP) is 0.963. The predicted molar refractivity (Wildman–Crippen MR) is 115 cm³/mol. The molecule has 2 aliphatic rings. The molecule has 5 unspecified atom stereocenters. The van der Waals surface area contributed by atoms with E-state index in [-0.39, 0.29) is 22.9 Å². The lowest BCUT2D eigenvalue weighted by Crippen LogP contribution is -2.62. The number of aromatic hydroxyl groups is 1. The molecule has 2 aromatic rings. The maximum atomic E-state index is 13.6. The number of nitrogens with one attached hydrogen (secondary N) is 1. The number of aliphatic hydroxyl groups is 1. The molecule has 12 nitrogen and oxygen atoms in total. The Morgan fingerprint density at radius 1 is 1.24 bits per heavy atom. The molecule has 2 amide bonds. The van der Waals surface area contributed by atoms with Crippen molar-refractivity contribution in [3.8, 4) is 11.5 Å². The summed E-state index contributed by atoms with van der Waals surface area (Å²) in [5.74, 6) is -6.11. The van der Waals surface area contributed by atoms with Gasteiger partial charge in [0.2, 0.25) is 11.8 Å². The number of nitro benzene ring substituents is 1. The number of carboxylic acids is 1. The van der Waals surface area contributed by atoms with E-state index in [0.717, 1.165) is 11.0 Å². The van der Waals surface area contributed by atoms with Gasteiger partial charge in [0, 0.05) is 18.2 Å². The number of anilines is 1. The highest BCUT2D eigenvalue weighted by molar-refractivity contribution is 6.24. The maximum Gasteiger partial charge on any atom is 0.327 e. The minimum atomic E-state index is -2.22. The molecule has 2 aliphatic heterocycles. The van der Waals surface area contributed by atoms with Crippen LogP contribution in [-0.2, 0) is 14.4 Å². The number of hydrogen-bond acceptors (Lipinski definition) is 9. The van der Waals surface area contributed by atoms with Gasteiger partial charge in [-0.2, -0.15) is 0 Å². The zero-order valence-corrected chi connectivity index (χ0v) is 18.0. The van der Waals surface area contributed by atoms with Crippen LogP contribution in [0.2, 0.25) is 0 Å². The van der Waals surface area contributed by atoms with Crippen LogP contribution in [0.25, 0.3) is 0 Å². The summed E-state index contributed by atoms with van der Waals surface area (Å²) >= 11 is 0. The molecule has 34 heavy (non-hydrogen) atoms. The highest BCUT2D eigenvalue weighted by atomic mass is 16.6. The Labute approximate surface area is 192 Å². The SMILES string of the molecule is COc1cc(C2NC(C(=O)O)(C(C)O)C3C(=O)N(c4cccc([N+](=O)[O-])c4)C(=O)C23)ccc1O. The van der Waals surface area contributed by atoms with Crippen LogP contribution in [0.5, 0.6) is 11.5 Å². The smallest absolute Gasteiger partial charge is 0.327 e. The summed E-state index contributed by atoms with van der Waals surface area (Å²) in [6.07, 6.45) is -1.59. The Balaban J connectivity index is 1.88. The second kappa shape index (κ2) is 8.08. The number of amides is 2. The second-order valence-corrected chi connectivity index (χ2v) is 8.20. The van der Waals surface area contributed by atoms with Gasteiger partial charge in [-0.1, -0.05) is 12.1 Å². The van der Waals surface area contributed by atoms with E-state index in [9.17, 15) is 39.8 Å². The Bertz CT molecular complexity index is 1210. The first-order valence-electron chi connectivity index (χ1n) is 10.2. The third-order valence-corrected chi connectivity index (χ3v) is 6.47. The number of fused-ring (bicyclic) bond motifs is 1. The van der Waals surface area contributed by atoms with Crippen molar-refractivity contribution >= 4 is 29.2 Å². The van der Waals surface area contributed by atoms with Gasteiger partial charge < -0.3 is 20.1 Å². The van der Waals surface area contributed by atoms with Gasteiger partial charge in [-0.15, -0.1) is 0 Å². The molecule has 0 saturated carbocycles. The van der Waals surface area contributed by atoms with Crippen molar-refractivity contribution in [2.24, 2.45) is 11.8 Å². The Morgan fingerprint density at radius 3 is 2.53 bits per heavy atom. The number of methoxy groups -OCH3 is 1. The fourth-order valence-electron chi connectivity index (χ4n) is 4.88. The molecule has 0 bridgehead atoms. The number of nitro groups is 1. The molecule has 0 spiro atoms. The molecule has 4 rings (SSSR count). The number of benzene rings is 2.